The van der Waals surface area contributed by atoms with Crippen LogP contribution in [0.1, 0.15) is 12.5 Å². The van der Waals surface area contributed by atoms with Gasteiger partial charge in [0.2, 0.25) is 11.8 Å². The fourth-order valence-corrected chi connectivity index (χ4v) is 3.30. The monoisotopic (exact) mass is 405 g/mol. The van der Waals surface area contributed by atoms with Crippen LogP contribution < -0.4 is 16.4 Å². The Labute approximate surface area is 170 Å². The van der Waals surface area contributed by atoms with Gasteiger partial charge in [0.25, 0.3) is 0 Å². The molecular formula is C21H19N5O4. The number of H-pyrrole nitrogens is 2. The van der Waals surface area contributed by atoms with Crippen molar-refractivity contribution in [3.63, 3.8) is 0 Å². The molecule has 152 valence electrons. The van der Waals surface area contributed by atoms with Crippen molar-refractivity contribution < 1.29 is 14.1 Å². The van der Waals surface area contributed by atoms with Gasteiger partial charge in [-0.1, -0.05) is 35.5 Å². The fourth-order valence-electron chi connectivity index (χ4n) is 3.30. The van der Waals surface area contributed by atoms with E-state index in [1.165, 1.54) is 6.92 Å². The van der Waals surface area contributed by atoms with Gasteiger partial charge in [-0.3, -0.25) is 19.1 Å². The summed E-state index contributed by atoms with van der Waals surface area (Å²) in [6.45, 7) is 1.37. The minimum atomic E-state index is -0.766. The van der Waals surface area contributed by atoms with Gasteiger partial charge in [0.15, 0.2) is 5.82 Å². The average molecular weight is 405 g/mol. The van der Waals surface area contributed by atoms with Crippen LogP contribution in [0.25, 0.3) is 22.3 Å². The molecule has 9 nitrogen and oxygen atoms in total. The maximum atomic E-state index is 12.9. The summed E-state index contributed by atoms with van der Waals surface area (Å²) in [5, 5.41) is 10.2. The molecule has 30 heavy (non-hydrogen) atoms. The Balaban J connectivity index is 1.55. The van der Waals surface area contributed by atoms with Gasteiger partial charge in [-0.15, -0.1) is 0 Å². The number of fused-ring (bicyclic) bond motifs is 1. The first-order valence-electron chi connectivity index (χ1n) is 9.29. The maximum Gasteiger partial charge on any atom is 0.439 e. The highest BCUT2D eigenvalue weighted by molar-refractivity contribution is 5.98. The van der Waals surface area contributed by atoms with Crippen LogP contribution in [-0.4, -0.2) is 33.0 Å². The number of nitrogens with zero attached hydrogens (tertiary/aromatic N) is 1. The average Bonchev–Trinajstić information content (AvgIpc) is 3.34. The van der Waals surface area contributed by atoms with Gasteiger partial charge in [-0.05, 0) is 23.8 Å². The molecule has 0 spiro atoms. The summed E-state index contributed by atoms with van der Waals surface area (Å²) >= 11 is 0. The Morgan fingerprint density at radius 2 is 2.00 bits per heavy atom. The third-order valence-electron chi connectivity index (χ3n) is 4.64. The van der Waals surface area contributed by atoms with Gasteiger partial charge in [0.05, 0.1) is 0 Å². The lowest BCUT2D eigenvalue weighted by atomic mass is 10.0. The van der Waals surface area contributed by atoms with E-state index in [1.807, 2.05) is 30.5 Å². The van der Waals surface area contributed by atoms with E-state index in [0.717, 1.165) is 16.5 Å². The third-order valence-corrected chi connectivity index (χ3v) is 4.64. The summed E-state index contributed by atoms with van der Waals surface area (Å²) in [7, 11) is 0. The molecule has 4 aromatic rings. The van der Waals surface area contributed by atoms with Crippen LogP contribution in [0, 0.1) is 0 Å². The molecule has 0 saturated heterocycles. The number of nitrogens with one attached hydrogen (secondary N) is 4. The molecule has 0 aliphatic carbocycles. The predicted molar refractivity (Wildman–Crippen MR) is 111 cm³/mol. The number of aromatic nitrogens is 3. The molecule has 2 amide bonds. The van der Waals surface area contributed by atoms with Crippen molar-refractivity contribution >= 4 is 28.4 Å². The number of hydrogen-bond acceptors (Lipinski definition) is 5. The summed E-state index contributed by atoms with van der Waals surface area (Å²) in [5.74, 6) is -1.07. The second kappa shape index (κ2) is 8.08. The Hall–Kier alpha value is -4.14. The zero-order chi connectivity index (χ0) is 21.1. The lowest BCUT2D eigenvalue weighted by Crippen LogP contribution is -2.44. The number of benzene rings is 2. The molecule has 1 unspecified atom stereocenters. The van der Waals surface area contributed by atoms with Crippen LogP contribution in [0.5, 0.6) is 0 Å². The number of hydrogen-bond donors (Lipinski definition) is 4. The van der Waals surface area contributed by atoms with Gasteiger partial charge in [-0.25, -0.2) is 4.79 Å². The summed E-state index contributed by atoms with van der Waals surface area (Å²) < 4.78 is 4.52. The second-order valence-corrected chi connectivity index (χ2v) is 6.83. The molecule has 0 fully saturated rings. The van der Waals surface area contributed by atoms with E-state index in [4.69, 9.17) is 0 Å². The highest BCUT2D eigenvalue weighted by Crippen LogP contribution is 2.21. The van der Waals surface area contributed by atoms with Crippen LogP contribution in [0.3, 0.4) is 0 Å². The van der Waals surface area contributed by atoms with Gasteiger partial charge in [-0.2, -0.15) is 0 Å². The van der Waals surface area contributed by atoms with Crippen LogP contribution in [0.15, 0.2) is 64.0 Å². The van der Waals surface area contributed by atoms with Crippen molar-refractivity contribution in [3.8, 4) is 11.4 Å². The number of aromatic amines is 2. The molecule has 4 rings (SSSR count). The summed E-state index contributed by atoms with van der Waals surface area (Å²) in [4.78, 5) is 41.4. The molecule has 0 bridgehead atoms. The summed E-state index contributed by atoms with van der Waals surface area (Å²) in [5.41, 5.74) is 2.96. The predicted octanol–water partition coefficient (Wildman–Crippen LogP) is 2.20. The molecule has 2 heterocycles. The number of amides is 2. The minimum absolute atomic E-state index is 0.258. The molecular weight excluding hydrogens is 386 g/mol. The zero-order valence-corrected chi connectivity index (χ0v) is 16.1. The third kappa shape index (κ3) is 4.14. The fraction of sp³-hybridized carbons (Fsp3) is 0.143. The molecule has 0 saturated carbocycles. The normalized spacial score (nSPS) is 11.9. The number of carbonyl (C=O) groups is 2. The van der Waals surface area contributed by atoms with Crippen LogP contribution in [0.2, 0.25) is 0 Å². The van der Waals surface area contributed by atoms with E-state index in [1.54, 1.807) is 24.3 Å². The molecule has 1 atom stereocenters. The van der Waals surface area contributed by atoms with Crippen molar-refractivity contribution in [3.05, 3.63) is 70.8 Å². The quantitative estimate of drug-likeness (QED) is 0.390. The SMILES string of the molecule is CC(=O)NC(Cc1c[nH]c2ccccc12)C(=O)Nc1cccc(-c2noc(=O)[nH]2)c1. The van der Waals surface area contributed by atoms with E-state index >= 15 is 0 Å². The van der Waals surface area contributed by atoms with Crippen LogP contribution >= 0.6 is 0 Å². The number of para-hydroxylation sites is 1. The smallest absolute Gasteiger partial charge is 0.361 e. The van der Waals surface area contributed by atoms with E-state index in [0.29, 0.717) is 17.7 Å². The summed E-state index contributed by atoms with van der Waals surface area (Å²) in [6, 6.07) is 13.8. The first-order chi connectivity index (χ1) is 14.5. The van der Waals surface area contributed by atoms with E-state index in [9.17, 15) is 14.4 Å². The van der Waals surface area contributed by atoms with E-state index < -0.39 is 11.8 Å². The highest BCUT2D eigenvalue weighted by Gasteiger charge is 2.22. The Kier molecular flexibility index (Phi) is 5.17. The Morgan fingerprint density at radius 3 is 2.77 bits per heavy atom. The lowest BCUT2D eigenvalue weighted by molar-refractivity contribution is -0.125. The standard InChI is InChI=1S/C21H19N5O4/c1-12(27)23-18(10-14-11-22-17-8-3-2-7-16(14)17)20(28)24-15-6-4-5-13(9-15)19-25-21(29)30-26-19/h2-9,11,18,22H,10H2,1H3,(H,23,27)(H,24,28)(H,25,26,29). The van der Waals surface area contributed by atoms with Gasteiger partial charge in [0, 0.05) is 41.7 Å². The molecule has 0 aliphatic heterocycles. The second-order valence-electron chi connectivity index (χ2n) is 6.83. The maximum absolute atomic E-state index is 12.9. The van der Waals surface area contributed by atoms with E-state index in [2.05, 4.69) is 30.3 Å². The van der Waals surface area contributed by atoms with Crippen molar-refractivity contribution in [2.24, 2.45) is 0 Å². The van der Waals surface area contributed by atoms with Gasteiger partial charge in [0.1, 0.15) is 6.04 Å². The molecule has 4 N–H and O–H groups in total. The van der Waals surface area contributed by atoms with Gasteiger partial charge >= 0.3 is 5.76 Å². The number of rotatable bonds is 6. The Morgan fingerprint density at radius 1 is 1.17 bits per heavy atom. The van der Waals surface area contributed by atoms with Gasteiger partial charge < -0.3 is 15.6 Å². The van der Waals surface area contributed by atoms with E-state index in [-0.39, 0.29) is 17.6 Å². The first kappa shape index (κ1) is 19.2. The van der Waals surface area contributed by atoms with Crippen molar-refractivity contribution in [1.82, 2.24) is 20.4 Å². The molecule has 2 aromatic carbocycles. The summed E-state index contributed by atoms with van der Waals surface area (Å²) in [6.07, 6.45) is 2.17. The lowest BCUT2D eigenvalue weighted by Gasteiger charge is -2.17. The number of carbonyl (C=O) groups excluding carboxylic acids is 2. The van der Waals surface area contributed by atoms with Crippen molar-refractivity contribution in [2.75, 3.05) is 5.32 Å². The van der Waals surface area contributed by atoms with Crippen LogP contribution in [0.4, 0.5) is 5.69 Å². The van der Waals surface area contributed by atoms with Crippen LogP contribution in [-0.2, 0) is 16.0 Å². The Bertz CT molecular complexity index is 1270. The first-order valence-corrected chi connectivity index (χ1v) is 9.29. The zero-order valence-electron chi connectivity index (χ0n) is 16.1. The highest BCUT2D eigenvalue weighted by atomic mass is 16.5. The molecule has 9 heteroatoms. The topological polar surface area (TPSA) is 133 Å². The minimum Gasteiger partial charge on any atom is -0.361 e. The molecule has 2 aromatic heterocycles. The largest absolute Gasteiger partial charge is 0.439 e. The molecule has 0 aliphatic rings. The number of anilines is 1. The molecule has 0 radical (unpaired) electrons. The van der Waals surface area contributed by atoms with Crippen molar-refractivity contribution in [2.45, 2.75) is 19.4 Å². The van der Waals surface area contributed by atoms with Crippen molar-refractivity contribution in [1.29, 1.82) is 0 Å².